The molecular formula is C12H19Cl2N3O. The fourth-order valence-corrected chi connectivity index (χ4v) is 2.26. The fourth-order valence-electron chi connectivity index (χ4n) is 2.26. The Hall–Kier alpha value is -0.840. The second-order valence-electron chi connectivity index (χ2n) is 4.24. The van der Waals surface area contributed by atoms with Crippen molar-refractivity contribution in [2.24, 2.45) is 11.7 Å². The Morgan fingerprint density at radius 1 is 1.33 bits per heavy atom. The van der Waals surface area contributed by atoms with Crippen LogP contribution < -0.4 is 11.1 Å². The van der Waals surface area contributed by atoms with Gasteiger partial charge in [0.2, 0.25) is 0 Å². The van der Waals surface area contributed by atoms with Crippen LogP contribution in [0.15, 0.2) is 24.5 Å². The maximum Gasteiger partial charge on any atom is 0.251 e. The summed E-state index contributed by atoms with van der Waals surface area (Å²) in [5.41, 5.74) is 6.34. The van der Waals surface area contributed by atoms with Gasteiger partial charge in [0.05, 0.1) is 0 Å². The number of hydrogen-bond acceptors (Lipinski definition) is 3. The molecule has 4 nitrogen and oxygen atoms in total. The van der Waals surface area contributed by atoms with Crippen LogP contribution in [0.4, 0.5) is 0 Å². The number of carbonyl (C=O) groups excluding carboxylic acids is 1. The summed E-state index contributed by atoms with van der Waals surface area (Å²) in [5.74, 6) is 0.415. The molecule has 0 aromatic carbocycles. The van der Waals surface area contributed by atoms with E-state index in [9.17, 15) is 4.79 Å². The number of halogens is 2. The number of pyridine rings is 1. The van der Waals surface area contributed by atoms with Gasteiger partial charge in [-0.15, -0.1) is 24.8 Å². The van der Waals surface area contributed by atoms with Gasteiger partial charge in [-0.1, -0.05) is 6.42 Å². The first-order valence-corrected chi connectivity index (χ1v) is 5.72. The molecule has 0 bridgehead atoms. The Kier molecular flexibility index (Phi) is 7.91. The van der Waals surface area contributed by atoms with Crippen LogP contribution in [0.2, 0.25) is 0 Å². The molecule has 0 spiro atoms. The molecule has 1 aliphatic carbocycles. The number of aromatic nitrogens is 1. The van der Waals surface area contributed by atoms with Crippen LogP contribution in [0.25, 0.3) is 0 Å². The van der Waals surface area contributed by atoms with Crippen molar-refractivity contribution in [3.05, 3.63) is 30.1 Å². The van der Waals surface area contributed by atoms with Crippen molar-refractivity contribution >= 4 is 30.7 Å². The first kappa shape index (κ1) is 17.2. The number of nitrogens with one attached hydrogen (secondary N) is 1. The van der Waals surface area contributed by atoms with Gasteiger partial charge >= 0.3 is 0 Å². The lowest BCUT2D eigenvalue weighted by Crippen LogP contribution is -2.39. The topological polar surface area (TPSA) is 68.0 Å². The highest BCUT2D eigenvalue weighted by Crippen LogP contribution is 2.24. The molecule has 1 aromatic rings. The lowest BCUT2D eigenvalue weighted by molar-refractivity contribution is 0.0928. The predicted molar refractivity (Wildman–Crippen MR) is 76.4 cm³/mol. The molecule has 2 unspecified atom stereocenters. The molecule has 2 rings (SSSR count). The smallest absolute Gasteiger partial charge is 0.251 e. The monoisotopic (exact) mass is 291 g/mol. The summed E-state index contributed by atoms with van der Waals surface area (Å²) in [5, 5.41) is 3.05. The number of nitrogens with zero attached hydrogens (tertiary/aromatic N) is 1. The second-order valence-corrected chi connectivity index (χ2v) is 4.24. The van der Waals surface area contributed by atoms with Crippen molar-refractivity contribution < 1.29 is 4.79 Å². The van der Waals surface area contributed by atoms with Gasteiger partial charge in [0.25, 0.3) is 5.91 Å². The van der Waals surface area contributed by atoms with E-state index in [0.717, 1.165) is 19.3 Å². The molecule has 3 N–H and O–H groups in total. The maximum absolute atomic E-state index is 11.9. The second kappa shape index (κ2) is 8.29. The first-order chi connectivity index (χ1) is 7.81. The molecule has 1 amide bonds. The Morgan fingerprint density at radius 2 is 2.00 bits per heavy atom. The zero-order valence-electron chi connectivity index (χ0n) is 10.0. The van der Waals surface area contributed by atoms with E-state index in [-0.39, 0.29) is 36.8 Å². The van der Waals surface area contributed by atoms with Crippen LogP contribution >= 0.6 is 24.8 Å². The van der Waals surface area contributed by atoms with Gasteiger partial charge in [0.15, 0.2) is 0 Å². The van der Waals surface area contributed by atoms with Crippen LogP contribution in [-0.2, 0) is 0 Å². The van der Waals surface area contributed by atoms with E-state index < -0.39 is 0 Å². The molecule has 0 aliphatic heterocycles. The standard InChI is InChI=1S/C12H17N3O.2ClH/c13-8-10-2-1-3-11(10)15-12(16)9-4-6-14-7-5-9;;/h4-7,10-11H,1-3,8,13H2,(H,15,16);2*1H. The van der Waals surface area contributed by atoms with E-state index in [1.54, 1.807) is 24.5 Å². The molecule has 1 heterocycles. The fraction of sp³-hybridized carbons (Fsp3) is 0.500. The quantitative estimate of drug-likeness (QED) is 0.892. The molecule has 102 valence electrons. The number of amides is 1. The SMILES string of the molecule is Cl.Cl.NCC1CCCC1NC(=O)c1ccncc1. The number of carbonyl (C=O) groups is 1. The summed E-state index contributed by atoms with van der Waals surface area (Å²) in [7, 11) is 0. The Morgan fingerprint density at radius 3 is 2.61 bits per heavy atom. The lowest BCUT2D eigenvalue weighted by atomic mass is 10.0. The van der Waals surface area contributed by atoms with Crippen LogP contribution in [0.1, 0.15) is 29.6 Å². The average molecular weight is 292 g/mol. The van der Waals surface area contributed by atoms with E-state index in [2.05, 4.69) is 10.3 Å². The highest BCUT2D eigenvalue weighted by molar-refractivity contribution is 5.94. The minimum Gasteiger partial charge on any atom is -0.349 e. The zero-order chi connectivity index (χ0) is 11.4. The van der Waals surface area contributed by atoms with E-state index in [1.165, 1.54) is 0 Å². The van der Waals surface area contributed by atoms with E-state index in [4.69, 9.17) is 5.73 Å². The minimum atomic E-state index is -0.0206. The molecule has 1 aliphatic rings. The summed E-state index contributed by atoms with van der Waals surface area (Å²) in [6.45, 7) is 0.654. The van der Waals surface area contributed by atoms with Crippen molar-refractivity contribution in [3.63, 3.8) is 0 Å². The molecule has 1 fully saturated rings. The van der Waals surface area contributed by atoms with Crippen molar-refractivity contribution in [1.82, 2.24) is 10.3 Å². The third kappa shape index (κ3) is 4.12. The van der Waals surface area contributed by atoms with Gasteiger partial charge in [-0.25, -0.2) is 0 Å². The normalized spacial score (nSPS) is 21.6. The van der Waals surface area contributed by atoms with Gasteiger partial charge in [-0.2, -0.15) is 0 Å². The van der Waals surface area contributed by atoms with Crippen LogP contribution in [-0.4, -0.2) is 23.5 Å². The summed E-state index contributed by atoms with van der Waals surface area (Å²) in [6.07, 6.45) is 6.58. The molecule has 18 heavy (non-hydrogen) atoms. The molecule has 2 atom stereocenters. The highest BCUT2D eigenvalue weighted by atomic mass is 35.5. The van der Waals surface area contributed by atoms with E-state index >= 15 is 0 Å². The maximum atomic E-state index is 11.9. The van der Waals surface area contributed by atoms with Crippen molar-refractivity contribution in [2.75, 3.05) is 6.54 Å². The third-order valence-corrected chi connectivity index (χ3v) is 3.22. The number of hydrogen-bond donors (Lipinski definition) is 2. The highest BCUT2D eigenvalue weighted by Gasteiger charge is 2.27. The minimum absolute atomic E-state index is 0. The summed E-state index contributed by atoms with van der Waals surface area (Å²) in [6, 6.07) is 3.69. The third-order valence-electron chi connectivity index (χ3n) is 3.22. The van der Waals surface area contributed by atoms with Gasteiger partial charge < -0.3 is 11.1 Å². The van der Waals surface area contributed by atoms with Gasteiger partial charge in [0.1, 0.15) is 0 Å². The summed E-state index contributed by atoms with van der Waals surface area (Å²) in [4.78, 5) is 15.8. The molecule has 1 aromatic heterocycles. The summed E-state index contributed by atoms with van der Waals surface area (Å²) < 4.78 is 0. The Balaban J connectivity index is 0.00000144. The van der Waals surface area contributed by atoms with Gasteiger partial charge in [-0.05, 0) is 37.4 Å². The Bertz CT molecular complexity index is 362. The van der Waals surface area contributed by atoms with Crippen LogP contribution in [0.3, 0.4) is 0 Å². The molecule has 1 saturated carbocycles. The lowest BCUT2D eigenvalue weighted by Gasteiger charge is -2.19. The predicted octanol–water partition coefficient (Wildman–Crippen LogP) is 1.78. The average Bonchev–Trinajstić information content (AvgIpc) is 2.77. The van der Waals surface area contributed by atoms with Crippen molar-refractivity contribution in [1.29, 1.82) is 0 Å². The largest absolute Gasteiger partial charge is 0.349 e. The van der Waals surface area contributed by atoms with Crippen LogP contribution in [0, 0.1) is 5.92 Å². The van der Waals surface area contributed by atoms with Crippen molar-refractivity contribution in [3.8, 4) is 0 Å². The Labute approximate surface area is 120 Å². The molecule has 0 saturated heterocycles. The van der Waals surface area contributed by atoms with E-state index in [0.29, 0.717) is 18.0 Å². The van der Waals surface area contributed by atoms with Crippen LogP contribution in [0.5, 0.6) is 0 Å². The van der Waals surface area contributed by atoms with Gasteiger partial charge in [0, 0.05) is 24.0 Å². The summed E-state index contributed by atoms with van der Waals surface area (Å²) >= 11 is 0. The van der Waals surface area contributed by atoms with E-state index in [1.807, 2.05) is 0 Å². The number of nitrogens with two attached hydrogens (primary N) is 1. The number of rotatable bonds is 3. The van der Waals surface area contributed by atoms with Crippen molar-refractivity contribution in [2.45, 2.75) is 25.3 Å². The zero-order valence-corrected chi connectivity index (χ0v) is 11.7. The first-order valence-electron chi connectivity index (χ1n) is 5.72. The van der Waals surface area contributed by atoms with Gasteiger partial charge in [-0.3, -0.25) is 9.78 Å². The molecule has 6 heteroatoms. The molecule has 0 radical (unpaired) electrons. The molecular weight excluding hydrogens is 273 g/mol.